The molecule has 0 aliphatic carbocycles. The minimum atomic E-state index is -5.08. The highest BCUT2D eigenvalue weighted by molar-refractivity contribution is 7.99. The van der Waals surface area contributed by atoms with E-state index in [0.717, 1.165) is 38.5 Å². The van der Waals surface area contributed by atoms with Crippen LogP contribution in [-0.2, 0) is 52.6 Å². The van der Waals surface area contributed by atoms with Crippen LogP contribution in [0.15, 0.2) is 0 Å². The minimum Gasteiger partial charge on any atom is -0.480 e. The van der Waals surface area contributed by atoms with E-state index in [1.807, 2.05) is 0 Å². The van der Waals surface area contributed by atoms with Gasteiger partial charge in [-0.25, -0.2) is 9.59 Å². The lowest BCUT2D eigenvalue weighted by Crippen LogP contribution is -2.59. The Morgan fingerprint density at radius 2 is 0.705 bits per heavy atom. The zero-order valence-electron chi connectivity index (χ0n) is 57.7. The first-order valence-corrected chi connectivity index (χ1v) is 36.9. The molecule has 24 nitrogen and oxygen atoms in total. The van der Waals surface area contributed by atoms with E-state index in [1.165, 1.54) is 127 Å². The van der Waals surface area contributed by atoms with E-state index >= 15 is 0 Å². The molecule has 18 N–H and O–H groups in total. The number of aliphatic hydroxyl groups is 1. The number of unbranched alkanes of at least 4 members (excludes halogenated alkanes) is 28. The number of carboxylic acid groups (broad SMARTS) is 2. The van der Waals surface area contributed by atoms with Crippen LogP contribution < -0.4 is 55.3 Å². The van der Waals surface area contributed by atoms with Crippen LogP contribution in [0.2, 0.25) is 0 Å². The third-order valence-corrected chi connectivity index (χ3v) is 17.2. The zero-order chi connectivity index (χ0) is 71.3. The molecule has 0 unspecified atom stereocenters. The first kappa shape index (κ1) is 92.2. The van der Waals surface area contributed by atoms with Crippen LogP contribution in [-0.4, -0.2) is 168 Å². The predicted octanol–water partition coefficient (Wildman–Crippen LogP) is 8.11. The van der Waals surface area contributed by atoms with E-state index in [0.29, 0.717) is 83.8 Å². The lowest BCUT2D eigenvalue weighted by atomic mass is 10.0. The number of alkyl halides is 3. The van der Waals surface area contributed by atoms with Crippen molar-refractivity contribution < 1.29 is 81.1 Å². The van der Waals surface area contributed by atoms with Crippen molar-refractivity contribution in [2.75, 3.05) is 50.9 Å². The fourth-order valence-electron chi connectivity index (χ4n) is 10.2. The second-order valence-corrected chi connectivity index (χ2v) is 25.8. The maximum absolute atomic E-state index is 14.1. The normalized spacial score (nSPS) is 13.5. The smallest absolute Gasteiger partial charge is 0.480 e. The molecule has 0 bridgehead atoms. The number of hydrogen-bond acceptors (Lipinski definition) is 18. The lowest BCUT2D eigenvalue weighted by Gasteiger charge is -2.27. The van der Waals surface area contributed by atoms with Gasteiger partial charge in [0.15, 0.2) is 0 Å². The molecule has 0 aliphatic heterocycles. The molecule has 0 rings (SSSR count). The molecule has 0 saturated carbocycles. The predicted molar refractivity (Wildman–Crippen MR) is 366 cm³/mol. The summed E-state index contributed by atoms with van der Waals surface area (Å²) in [6, 6.07) is -7.60. The molecular formula is C67H127F3N10O14S. The molecule has 0 radical (unpaired) electrons. The summed E-state index contributed by atoms with van der Waals surface area (Å²) < 4.78 is 43.2. The van der Waals surface area contributed by atoms with Gasteiger partial charge in [-0.15, -0.1) is 0 Å². The number of carbonyl (C=O) groups is 9. The second-order valence-electron chi connectivity index (χ2n) is 24.7. The summed E-state index contributed by atoms with van der Waals surface area (Å²) in [5, 5.41) is 40.4. The number of thioether (sulfide) groups is 1. The van der Waals surface area contributed by atoms with Crippen molar-refractivity contribution >= 4 is 65.2 Å². The topological polar surface area (TPSA) is 423 Å². The third kappa shape index (κ3) is 53.8. The summed E-state index contributed by atoms with van der Waals surface area (Å²) in [5.41, 5.74) is 29.1. The van der Waals surface area contributed by atoms with Crippen LogP contribution in [0.3, 0.4) is 0 Å². The standard InChI is InChI=1S/C65H126N10O12S.C2HF3O2/c1-3-5-7-9-11-13-15-17-19-21-23-25-27-41-58(77)86-48-51(87-59(78)42-28-26-24-22-20-18-16-14-12-10-8-6-4-2)49-88-50-52(70)60(79)75-57(47-76)64(83)73-54(38-30-34-44-67)62(81)71-53(37-29-33-43-66)61(80)72-55(39-31-35-45-68)63(82)74-56(65(84)85)40-32-36-46-69;3-2(4,5)1(6)7/h51-57,76H,3-50,66-70H2,1-2H3,(H,71,81)(H,72,80)(H,73,83)(H,74,82)(H,75,79)(H,84,85);(H,6,7)/t51-,52+,53+,54+,55+,56+,57+;/m1./s1. The average Bonchev–Trinajstić information content (AvgIpc) is 1.17. The minimum absolute atomic E-state index is 0.00755. The van der Waals surface area contributed by atoms with Gasteiger partial charge in [-0.3, -0.25) is 33.6 Å². The summed E-state index contributed by atoms with van der Waals surface area (Å²) in [4.78, 5) is 116. The van der Waals surface area contributed by atoms with Gasteiger partial charge in [0.25, 0.3) is 0 Å². The van der Waals surface area contributed by atoms with Gasteiger partial charge in [-0.2, -0.15) is 24.9 Å². The molecule has 0 saturated heterocycles. The number of aliphatic hydroxyl groups excluding tert-OH is 1. The number of nitrogens with two attached hydrogens (primary N) is 5. The Bertz CT molecular complexity index is 2030. The summed E-state index contributed by atoms with van der Waals surface area (Å²) in [5.74, 6) is -8.46. The number of esters is 2. The number of aliphatic carboxylic acids is 2. The van der Waals surface area contributed by atoms with Gasteiger partial charge in [0.1, 0.15) is 42.9 Å². The van der Waals surface area contributed by atoms with Crippen molar-refractivity contribution in [2.45, 2.75) is 319 Å². The van der Waals surface area contributed by atoms with Crippen LogP contribution in [0, 0.1) is 0 Å². The molecule has 28 heteroatoms. The van der Waals surface area contributed by atoms with Gasteiger partial charge >= 0.3 is 30.1 Å². The van der Waals surface area contributed by atoms with Gasteiger partial charge in [-0.05, 0) is 116 Å². The Morgan fingerprint density at radius 3 is 1.02 bits per heavy atom. The zero-order valence-corrected chi connectivity index (χ0v) is 58.6. The molecule has 0 aromatic rings. The molecule has 95 heavy (non-hydrogen) atoms. The molecule has 0 fully saturated rings. The summed E-state index contributed by atoms with van der Waals surface area (Å²) >= 11 is 1.20. The first-order chi connectivity index (χ1) is 45.6. The molecule has 0 aliphatic rings. The Kier molecular flexibility index (Phi) is 60.8. The number of carboxylic acids is 2. The first-order valence-electron chi connectivity index (χ1n) is 35.7. The maximum atomic E-state index is 14.1. The largest absolute Gasteiger partial charge is 0.490 e. The number of nitrogens with one attached hydrogen (secondary N) is 5. The van der Waals surface area contributed by atoms with Crippen LogP contribution >= 0.6 is 11.8 Å². The van der Waals surface area contributed by atoms with Crippen molar-refractivity contribution in [3.8, 4) is 0 Å². The van der Waals surface area contributed by atoms with E-state index in [4.69, 9.17) is 48.0 Å². The number of ether oxygens (including phenoxy) is 2. The van der Waals surface area contributed by atoms with Crippen molar-refractivity contribution in [2.24, 2.45) is 28.7 Å². The Morgan fingerprint density at radius 1 is 0.411 bits per heavy atom. The molecule has 556 valence electrons. The van der Waals surface area contributed by atoms with Gasteiger partial charge < -0.3 is 80.0 Å². The summed E-state index contributed by atoms with van der Waals surface area (Å²) in [6.07, 6.45) is 29.5. The van der Waals surface area contributed by atoms with Crippen molar-refractivity contribution in [1.82, 2.24) is 26.6 Å². The van der Waals surface area contributed by atoms with Crippen molar-refractivity contribution in [1.29, 1.82) is 0 Å². The fourth-order valence-corrected chi connectivity index (χ4v) is 11.2. The van der Waals surface area contributed by atoms with Crippen molar-refractivity contribution in [3.05, 3.63) is 0 Å². The van der Waals surface area contributed by atoms with Gasteiger partial charge in [-0.1, -0.05) is 168 Å². The number of hydrogen-bond donors (Lipinski definition) is 13. The van der Waals surface area contributed by atoms with Crippen LogP contribution in [0.1, 0.15) is 271 Å². The average molecular weight is 1390 g/mol. The molecule has 0 heterocycles. The Hall–Kier alpha value is -4.87. The monoisotopic (exact) mass is 1380 g/mol. The molecule has 7 atom stereocenters. The van der Waals surface area contributed by atoms with Gasteiger partial charge in [0.2, 0.25) is 29.5 Å². The summed E-state index contributed by atoms with van der Waals surface area (Å²) in [7, 11) is 0. The molecule has 5 amide bonds. The van der Waals surface area contributed by atoms with E-state index in [9.17, 15) is 61.7 Å². The number of carbonyl (C=O) groups excluding carboxylic acids is 7. The van der Waals surface area contributed by atoms with Gasteiger partial charge in [0.05, 0.1) is 12.6 Å². The Balaban J connectivity index is 0. The van der Waals surface area contributed by atoms with Crippen molar-refractivity contribution in [3.63, 3.8) is 0 Å². The van der Waals surface area contributed by atoms with Crippen LogP contribution in [0.25, 0.3) is 0 Å². The second kappa shape index (κ2) is 62.6. The highest BCUT2D eigenvalue weighted by Crippen LogP contribution is 2.18. The molecule has 0 aromatic carbocycles. The van der Waals surface area contributed by atoms with Crippen LogP contribution in [0.5, 0.6) is 0 Å². The summed E-state index contributed by atoms with van der Waals surface area (Å²) in [6.45, 7) is 4.72. The number of halogens is 3. The fraction of sp³-hybridized carbons (Fsp3) is 0.866. The van der Waals surface area contributed by atoms with Crippen LogP contribution in [0.4, 0.5) is 13.2 Å². The molecule has 0 spiro atoms. The highest BCUT2D eigenvalue weighted by atomic mass is 32.2. The van der Waals surface area contributed by atoms with E-state index in [2.05, 4.69) is 40.4 Å². The SMILES string of the molecule is CCCCCCCCCCCCCCCC(=O)OC[C@H](CSC[C@H](N)C(=O)N[C@@H](CO)C(=O)N[C@@H](CCCCN)C(=O)N[C@@H](CCCCN)C(=O)N[C@@H](CCCCN)C(=O)N[C@@H](CCCCN)C(=O)O)OC(=O)CCCCCCCCCCCCCCC.O=C(O)C(F)(F)F. The number of rotatable bonds is 63. The molecular weight excluding hydrogens is 1260 g/mol. The number of amides is 5. The maximum Gasteiger partial charge on any atom is 0.490 e. The highest BCUT2D eigenvalue weighted by Gasteiger charge is 2.38. The Labute approximate surface area is 569 Å². The van der Waals surface area contributed by atoms with Gasteiger partial charge in [0, 0.05) is 24.3 Å². The quantitative estimate of drug-likeness (QED) is 0.0202. The lowest BCUT2D eigenvalue weighted by molar-refractivity contribution is -0.192. The molecule has 0 aromatic heterocycles. The third-order valence-electron chi connectivity index (χ3n) is 16.0. The van der Waals surface area contributed by atoms with E-state index in [-0.39, 0.29) is 69.2 Å². The van der Waals surface area contributed by atoms with E-state index < -0.39 is 103 Å². The van der Waals surface area contributed by atoms with E-state index in [1.54, 1.807) is 0 Å².